The van der Waals surface area contributed by atoms with E-state index in [2.05, 4.69) is 17.6 Å². The molecule has 1 fully saturated rings. The molecule has 0 heterocycles. The number of alkyl carbamates (subject to hydrolysis) is 1. The number of carbonyl (C=O) groups excluding carboxylic acids is 3. The number of rotatable bonds is 12. The molecule has 3 amide bonds. The molecule has 1 aliphatic rings. The molecule has 0 spiro atoms. The fraction of sp³-hybridized carbons (Fsp3) is 0.679. The molecule has 0 bridgehead atoms. The molecule has 35 heavy (non-hydrogen) atoms. The first-order valence-electron chi connectivity index (χ1n) is 13.1. The Bertz CT molecular complexity index is 860. The third-order valence-corrected chi connectivity index (χ3v) is 6.44. The van der Waals surface area contributed by atoms with Gasteiger partial charge >= 0.3 is 6.09 Å². The minimum atomic E-state index is -0.783. The van der Waals surface area contributed by atoms with Crippen molar-refractivity contribution < 1.29 is 19.1 Å². The Labute approximate surface area is 211 Å². The molecule has 1 aromatic rings. The highest BCUT2D eigenvalue weighted by atomic mass is 16.6. The summed E-state index contributed by atoms with van der Waals surface area (Å²) in [4.78, 5) is 42.1. The highest BCUT2D eigenvalue weighted by Crippen LogP contribution is 2.37. The zero-order valence-electron chi connectivity index (χ0n) is 22.6. The maximum atomic E-state index is 14.1. The highest BCUT2D eigenvalue weighted by Gasteiger charge is 2.45. The van der Waals surface area contributed by atoms with E-state index >= 15 is 0 Å². The lowest BCUT2D eigenvalue weighted by molar-refractivity contribution is -0.144. The van der Waals surface area contributed by atoms with Gasteiger partial charge in [0.05, 0.1) is 0 Å². The van der Waals surface area contributed by atoms with E-state index in [0.29, 0.717) is 13.0 Å². The van der Waals surface area contributed by atoms with E-state index in [-0.39, 0.29) is 23.8 Å². The number of nitrogens with one attached hydrogen (secondary N) is 2. The first kappa shape index (κ1) is 28.7. The highest BCUT2D eigenvalue weighted by molar-refractivity contribution is 5.93. The summed E-state index contributed by atoms with van der Waals surface area (Å²) in [6.45, 7) is 14.0. The van der Waals surface area contributed by atoms with Crippen molar-refractivity contribution in [1.29, 1.82) is 0 Å². The van der Waals surface area contributed by atoms with Crippen LogP contribution >= 0.6 is 0 Å². The van der Waals surface area contributed by atoms with Crippen molar-refractivity contribution in [1.82, 2.24) is 15.5 Å². The minimum absolute atomic E-state index is 0.0273. The van der Waals surface area contributed by atoms with Crippen molar-refractivity contribution in [2.45, 2.75) is 111 Å². The summed E-state index contributed by atoms with van der Waals surface area (Å²) in [6, 6.07) is 6.17. The molecule has 2 rings (SSSR count). The predicted octanol–water partition coefficient (Wildman–Crippen LogP) is 5.27. The quantitative estimate of drug-likeness (QED) is 0.393. The van der Waals surface area contributed by atoms with Crippen LogP contribution in [0.5, 0.6) is 0 Å². The molecule has 1 aromatic carbocycles. The minimum Gasteiger partial charge on any atom is -0.444 e. The van der Waals surface area contributed by atoms with Crippen LogP contribution in [0.4, 0.5) is 4.79 Å². The first-order valence-corrected chi connectivity index (χ1v) is 13.1. The number of hydrogen-bond donors (Lipinski definition) is 2. The van der Waals surface area contributed by atoms with Crippen LogP contribution in [0.15, 0.2) is 24.3 Å². The Kier molecular flexibility index (Phi) is 10.6. The number of carbonyl (C=O) groups is 3. The molecule has 196 valence electrons. The van der Waals surface area contributed by atoms with Gasteiger partial charge < -0.3 is 20.3 Å². The third kappa shape index (κ3) is 8.55. The summed E-state index contributed by atoms with van der Waals surface area (Å²) in [5, 5.41) is 5.89. The van der Waals surface area contributed by atoms with Gasteiger partial charge in [-0.2, -0.15) is 0 Å². The average molecular weight is 488 g/mol. The first-order chi connectivity index (χ1) is 16.5. The Hall–Kier alpha value is -2.57. The van der Waals surface area contributed by atoms with Gasteiger partial charge in [0.25, 0.3) is 0 Å². The van der Waals surface area contributed by atoms with Crippen LogP contribution in [-0.2, 0) is 14.3 Å². The summed E-state index contributed by atoms with van der Waals surface area (Å²) in [5.41, 5.74) is 1.10. The number of unbranched alkanes of at least 4 members (excludes halogenated alkanes) is 2. The Balaban J connectivity index is 2.41. The second kappa shape index (κ2) is 12.9. The molecule has 3 atom stereocenters. The fourth-order valence-electron chi connectivity index (χ4n) is 4.14. The normalized spacial score (nSPS) is 16.1. The van der Waals surface area contributed by atoms with Gasteiger partial charge in [-0.05, 0) is 64.0 Å². The second-order valence-corrected chi connectivity index (χ2v) is 10.7. The molecule has 7 nitrogen and oxygen atoms in total. The summed E-state index contributed by atoms with van der Waals surface area (Å²) in [7, 11) is 0. The smallest absolute Gasteiger partial charge is 0.408 e. The van der Waals surface area contributed by atoms with Crippen molar-refractivity contribution in [2.75, 3.05) is 6.54 Å². The largest absolute Gasteiger partial charge is 0.444 e. The van der Waals surface area contributed by atoms with Crippen LogP contribution in [0, 0.1) is 12.8 Å². The SMILES string of the molecule is CCCCCNC(=O)C(c1ccccc1C)N(C(=O)C(NC(=O)OC(C)(C)C)C(C)CC)C1CC1. The number of hydrogen-bond acceptors (Lipinski definition) is 4. The monoisotopic (exact) mass is 487 g/mol. The number of aryl methyl sites for hydroxylation is 1. The molecule has 0 radical (unpaired) electrons. The van der Waals surface area contributed by atoms with Gasteiger partial charge in [0, 0.05) is 12.6 Å². The van der Waals surface area contributed by atoms with Crippen LogP contribution in [0.2, 0.25) is 0 Å². The van der Waals surface area contributed by atoms with Crippen molar-refractivity contribution in [3.8, 4) is 0 Å². The van der Waals surface area contributed by atoms with E-state index in [1.165, 1.54) is 0 Å². The van der Waals surface area contributed by atoms with E-state index < -0.39 is 23.8 Å². The molecule has 1 aliphatic carbocycles. The fourth-order valence-corrected chi connectivity index (χ4v) is 4.14. The average Bonchev–Trinajstić information content (AvgIpc) is 3.62. The molecule has 2 N–H and O–H groups in total. The molecule has 0 aromatic heterocycles. The van der Waals surface area contributed by atoms with Crippen LogP contribution < -0.4 is 10.6 Å². The standard InChI is InChI=1S/C28H45N3O4/c1-8-10-13-18-29-25(32)24(22-15-12-11-14-20(22)4)31(21-16-17-21)26(33)23(19(3)9-2)30-27(34)35-28(5,6)7/h11-12,14-15,19,21,23-24H,8-10,13,16-18H2,1-7H3,(H,29,32)(H,30,34). The van der Waals surface area contributed by atoms with Gasteiger partial charge in [-0.1, -0.05) is 64.3 Å². The Morgan fingerprint density at radius 1 is 1.11 bits per heavy atom. The Morgan fingerprint density at radius 3 is 2.31 bits per heavy atom. The maximum absolute atomic E-state index is 14.1. The zero-order chi connectivity index (χ0) is 26.2. The van der Waals surface area contributed by atoms with Crippen molar-refractivity contribution in [2.24, 2.45) is 5.92 Å². The number of nitrogens with zero attached hydrogens (tertiary/aromatic N) is 1. The summed E-state index contributed by atoms with van der Waals surface area (Å²) in [5.74, 6) is -0.526. The molecule has 1 saturated carbocycles. The van der Waals surface area contributed by atoms with Gasteiger partial charge in [-0.3, -0.25) is 9.59 Å². The van der Waals surface area contributed by atoms with E-state index in [9.17, 15) is 14.4 Å². The molecule has 0 saturated heterocycles. The van der Waals surface area contributed by atoms with E-state index in [1.54, 1.807) is 25.7 Å². The van der Waals surface area contributed by atoms with Crippen molar-refractivity contribution in [3.05, 3.63) is 35.4 Å². The van der Waals surface area contributed by atoms with Gasteiger partial charge in [0.15, 0.2) is 0 Å². The van der Waals surface area contributed by atoms with Gasteiger partial charge in [-0.15, -0.1) is 0 Å². The van der Waals surface area contributed by atoms with Crippen molar-refractivity contribution >= 4 is 17.9 Å². The number of benzene rings is 1. The summed E-state index contributed by atoms with van der Waals surface area (Å²) < 4.78 is 5.46. The molecular formula is C28H45N3O4. The van der Waals surface area contributed by atoms with E-state index in [4.69, 9.17) is 4.74 Å². The number of ether oxygens (including phenoxy) is 1. The number of amides is 3. The van der Waals surface area contributed by atoms with Crippen molar-refractivity contribution in [3.63, 3.8) is 0 Å². The zero-order valence-corrected chi connectivity index (χ0v) is 22.6. The molecular weight excluding hydrogens is 442 g/mol. The topological polar surface area (TPSA) is 87.7 Å². The second-order valence-electron chi connectivity index (χ2n) is 10.7. The van der Waals surface area contributed by atoms with E-state index in [0.717, 1.165) is 43.2 Å². The molecule has 0 aliphatic heterocycles. The summed E-state index contributed by atoms with van der Waals surface area (Å²) in [6.07, 6.45) is 4.77. The van der Waals surface area contributed by atoms with Crippen LogP contribution in [-0.4, -0.2) is 47.0 Å². The van der Waals surface area contributed by atoms with Crippen LogP contribution in [0.3, 0.4) is 0 Å². The van der Waals surface area contributed by atoms with Gasteiger partial charge in [-0.25, -0.2) is 4.79 Å². The van der Waals surface area contributed by atoms with Gasteiger partial charge in [0.1, 0.15) is 17.7 Å². The lowest BCUT2D eigenvalue weighted by Gasteiger charge is -2.36. The van der Waals surface area contributed by atoms with Gasteiger partial charge in [0.2, 0.25) is 11.8 Å². The molecule has 7 heteroatoms. The third-order valence-electron chi connectivity index (χ3n) is 6.44. The van der Waals surface area contributed by atoms with E-state index in [1.807, 2.05) is 45.0 Å². The lowest BCUT2D eigenvalue weighted by Crippen LogP contribution is -2.56. The summed E-state index contributed by atoms with van der Waals surface area (Å²) >= 11 is 0. The van der Waals surface area contributed by atoms with Crippen LogP contribution in [0.1, 0.15) is 97.2 Å². The predicted molar refractivity (Wildman–Crippen MR) is 139 cm³/mol. The van der Waals surface area contributed by atoms with Crippen LogP contribution in [0.25, 0.3) is 0 Å². The lowest BCUT2D eigenvalue weighted by atomic mass is 9.94. The molecule has 3 unspecified atom stereocenters. The Morgan fingerprint density at radius 2 is 1.77 bits per heavy atom. The maximum Gasteiger partial charge on any atom is 0.408 e.